The van der Waals surface area contributed by atoms with E-state index in [0.717, 1.165) is 10.9 Å². The molecule has 25 heavy (non-hydrogen) atoms. The summed E-state index contributed by atoms with van der Waals surface area (Å²) in [6.07, 6.45) is 9.95. The zero-order chi connectivity index (χ0) is 17.1. The average Bonchev–Trinajstić information content (AvgIpc) is 3.27. The Hall–Kier alpha value is -0.780. The van der Waals surface area contributed by atoms with Crippen LogP contribution in [0.1, 0.15) is 51.9 Å². The van der Waals surface area contributed by atoms with Crippen LogP contribution in [-0.2, 0) is 0 Å². The maximum atomic E-state index is 2.39. The van der Waals surface area contributed by atoms with Gasteiger partial charge in [-0.25, -0.2) is 0 Å². The molecule has 4 rings (SSSR count). The Morgan fingerprint density at radius 3 is 2.04 bits per heavy atom. The summed E-state index contributed by atoms with van der Waals surface area (Å²) in [5.41, 5.74) is 0.846. The van der Waals surface area contributed by atoms with Gasteiger partial charge in [-0.1, -0.05) is 80.4 Å². The molecule has 0 radical (unpaired) electrons. The first-order valence-electron chi connectivity index (χ1n) is 9.88. The van der Waals surface area contributed by atoms with Crippen molar-refractivity contribution in [1.29, 1.82) is 0 Å². The van der Waals surface area contributed by atoms with Crippen LogP contribution in [0.25, 0.3) is 0 Å². The summed E-state index contributed by atoms with van der Waals surface area (Å²) in [6, 6.07) is 22.7. The molecule has 1 unspecified atom stereocenters. The minimum Gasteiger partial charge on any atom is -0.151 e. The van der Waals surface area contributed by atoms with Crippen molar-refractivity contribution in [2.45, 2.75) is 67.5 Å². The van der Waals surface area contributed by atoms with Gasteiger partial charge in [0.2, 0.25) is 0 Å². The molecule has 0 amide bonds. The lowest BCUT2D eigenvalue weighted by atomic mass is 10.2. The highest BCUT2D eigenvalue weighted by atomic mass is 32.2. The van der Waals surface area contributed by atoms with Crippen molar-refractivity contribution in [2.24, 2.45) is 0 Å². The maximum absolute atomic E-state index is 2.39. The SMILES string of the molecule is CCCC1(S[C@H]2CCCC2P(c2ccccc2)c2ccccc2)CC1. The lowest BCUT2D eigenvalue weighted by Gasteiger charge is -2.32. The van der Waals surface area contributed by atoms with E-state index in [1.54, 1.807) is 10.6 Å². The van der Waals surface area contributed by atoms with Gasteiger partial charge >= 0.3 is 0 Å². The highest BCUT2D eigenvalue weighted by Crippen LogP contribution is 2.59. The van der Waals surface area contributed by atoms with Gasteiger partial charge in [-0.2, -0.15) is 11.8 Å². The first kappa shape index (κ1) is 17.6. The summed E-state index contributed by atoms with van der Waals surface area (Å²) in [5, 5.41) is 4.00. The van der Waals surface area contributed by atoms with Gasteiger partial charge in [0, 0.05) is 10.00 Å². The van der Waals surface area contributed by atoms with Crippen LogP contribution in [0.5, 0.6) is 0 Å². The van der Waals surface area contributed by atoms with Gasteiger partial charge in [0.25, 0.3) is 0 Å². The molecule has 2 aliphatic carbocycles. The summed E-state index contributed by atoms with van der Waals surface area (Å²) < 4.78 is 0.649. The topological polar surface area (TPSA) is 0 Å². The summed E-state index contributed by atoms with van der Waals surface area (Å²) >= 11 is 2.39. The molecule has 2 heteroatoms. The van der Waals surface area contributed by atoms with Crippen molar-refractivity contribution >= 4 is 30.3 Å². The van der Waals surface area contributed by atoms with Crippen molar-refractivity contribution in [1.82, 2.24) is 0 Å². The first-order chi connectivity index (χ1) is 12.3. The van der Waals surface area contributed by atoms with Crippen molar-refractivity contribution in [3.8, 4) is 0 Å². The van der Waals surface area contributed by atoms with E-state index in [9.17, 15) is 0 Å². The Kier molecular flexibility index (Phi) is 5.53. The number of benzene rings is 2. The summed E-state index contributed by atoms with van der Waals surface area (Å²) in [5.74, 6) is 0. The second-order valence-corrected chi connectivity index (χ2v) is 11.8. The fourth-order valence-electron chi connectivity index (χ4n) is 4.39. The monoisotopic (exact) mass is 368 g/mol. The first-order valence-corrected chi connectivity index (χ1v) is 12.2. The van der Waals surface area contributed by atoms with Gasteiger partial charge in [-0.15, -0.1) is 0 Å². The fraction of sp³-hybridized carbons (Fsp3) is 0.478. The Bertz CT molecular complexity index is 626. The van der Waals surface area contributed by atoms with Crippen LogP contribution in [-0.4, -0.2) is 15.7 Å². The summed E-state index contributed by atoms with van der Waals surface area (Å²) in [6.45, 7) is 2.35. The Morgan fingerprint density at radius 2 is 1.52 bits per heavy atom. The van der Waals surface area contributed by atoms with E-state index in [-0.39, 0.29) is 7.92 Å². The van der Waals surface area contributed by atoms with Crippen LogP contribution in [0.4, 0.5) is 0 Å². The normalized spacial score (nSPS) is 24.6. The summed E-state index contributed by atoms with van der Waals surface area (Å²) in [4.78, 5) is 0. The van der Waals surface area contributed by atoms with Crippen LogP contribution in [0.15, 0.2) is 60.7 Å². The van der Waals surface area contributed by atoms with Crippen molar-refractivity contribution in [3.63, 3.8) is 0 Å². The Balaban J connectivity index is 1.62. The molecule has 0 aliphatic heterocycles. The van der Waals surface area contributed by atoms with Gasteiger partial charge in [-0.05, 0) is 56.3 Å². The summed E-state index contributed by atoms with van der Waals surface area (Å²) in [7, 11) is -0.247. The van der Waals surface area contributed by atoms with E-state index in [2.05, 4.69) is 79.3 Å². The Labute approximate surface area is 158 Å². The number of hydrogen-bond acceptors (Lipinski definition) is 1. The second kappa shape index (κ2) is 7.85. The van der Waals surface area contributed by atoms with Crippen LogP contribution < -0.4 is 10.6 Å². The molecule has 0 saturated heterocycles. The van der Waals surface area contributed by atoms with E-state index < -0.39 is 0 Å². The quantitative estimate of drug-likeness (QED) is 0.532. The van der Waals surface area contributed by atoms with Crippen LogP contribution >= 0.6 is 19.7 Å². The smallest absolute Gasteiger partial charge is 0.0164 e. The van der Waals surface area contributed by atoms with Crippen LogP contribution in [0.2, 0.25) is 0 Å². The van der Waals surface area contributed by atoms with Crippen LogP contribution in [0, 0.1) is 0 Å². The van der Waals surface area contributed by atoms with Gasteiger partial charge in [-0.3, -0.25) is 0 Å². The van der Waals surface area contributed by atoms with Crippen molar-refractivity contribution < 1.29 is 0 Å². The highest BCUT2D eigenvalue weighted by Gasteiger charge is 2.47. The molecule has 0 bridgehead atoms. The van der Waals surface area contributed by atoms with Gasteiger partial charge in [0.05, 0.1) is 0 Å². The fourth-order valence-corrected chi connectivity index (χ4v) is 9.79. The molecule has 0 N–H and O–H groups in total. The largest absolute Gasteiger partial charge is 0.151 e. The molecule has 2 aromatic rings. The van der Waals surface area contributed by atoms with E-state index in [0.29, 0.717) is 4.75 Å². The maximum Gasteiger partial charge on any atom is 0.0164 e. The molecule has 0 aromatic heterocycles. The second-order valence-electron chi connectivity index (χ2n) is 7.63. The zero-order valence-electron chi connectivity index (χ0n) is 15.2. The third kappa shape index (κ3) is 3.99. The molecule has 2 atom stereocenters. The molecule has 2 aromatic carbocycles. The van der Waals surface area contributed by atoms with E-state index in [1.165, 1.54) is 44.9 Å². The molecule has 2 aliphatic rings. The average molecular weight is 369 g/mol. The van der Waals surface area contributed by atoms with Gasteiger partial charge < -0.3 is 0 Å². The lowest BCUT2D eigenvalue weighted by molar-refractivity contribution is 0.739. The molecular formula is C23H29PS. The molecule has 132 valence electrons. The molecule has 0 spiro atoms. The molecule has 2 saturated carbocycles. The van der Waals surface area contributed by atoms with Crippen molar-refractivity contribution in [3.05, 3.63) is 60.7 Å². The minimum atomic E-state index is -0.247. The zero-order valence-corrected chi connectivity index (χ0v) is 16.9. The molecule has 0 heterocycles. The highest BCUT2D eigenvalue weighted by molar-refractivity contribution is 8.02. The van der Waals surface area contributed by atoms with Gasteiger partial charge in [0.1, 0.15) is 0 Å². The van der Waals surface area contributed by atoms with Crippen molar-refractivity contribution in [2.75, 3.05) is 0 Å². The predicted octanol–water partition coefficient (Wildman–Crippen LogP) is 6.11. The van der Waals surface area contributed by atoms with E-state index >= 15 is 0 Å². The number of rotatable bonds is 7. The predicted molar refractivity (Wildman–Crippen MR) is 115 cm³/mol. The third-order valence-electron chi connectivity index (χ3n) is 5.73. The van der Waals surface area contributed by atoms with Crippen LogP contribution in [0.3, 0.4) is 0 Å². The minimum absolute atomic E-state index is 0.247. The van der Waals surface area contributed by atoms with E-state index in [1.807, 2.05) is 0 Å². The standard InChI is InChI=1S/C23H29PS/c1-2-16-23(17-18-23)25-22-15-9-14-21(22)24(19-10-5-3-6-11-19)20-12-7-4-8-13-20/h3-8,10-13,21-22H,2,9,14-18H2,1H3/t21?,22-/m0/s1. The number of hydrogen-bond donors (Lipinski definition) is 0. The third-order valence-corrected chi connectivity index (χ3v) is 10.9. The Morgan fingerprint density at radius 1 is 0.920 bits per heavy atom. The molecule has 0 nitrogen and oxygen atoms in total. The van der Waals surface area contributed by atoms with Gasteiger partial charge in [0.15, 0.2) is 0 Å². The van der Waals surface area contributed by atoms with E-state index in [4.69, 9.17) is 0 Å². The number of thioether (sulfide) groups is 1. The molecular weight excluding hydrogens is 339 g/mol. The lowest BCUT2D eigenvalue weighted by Crippen LogP contribution is -2.27. The molecule has 2 fully saturated rings.